The van der Waals surface area contributed by atoms with Crippen molar-refractivity contribution in [3.8, 4) is 5.75 Å². The number of halogens is 2. The summed E-state index contributed by atoms with van der Waals surface area (Å²) in [7, 11) is 0. The van der Waals surface area contributed by atoms with E-state index in [9.17, 15) is 4.55 Å². The highest BCUT2D eigenvalue weighted by atomic mass is 35.5. The lowest BCUT2D eigenvalue weighted by atomic mass is 10.1. The van der Waals surface area contributed by atoms with Gasteiger partial charge in [-0.05, 0) is 36.4 Å². The number of hydrogen-bond acceptors (Lipinski definition) is 7. The monoisotopic (exact) mass is 522 g/mol. The van der Waals surface area contributed by atoms with Gasteiger partial charge in [0.05, 0.1) is 24.7 Å². The highest BCUT2D eigenvalue weighted by molar-refractivity contribution is 7.91. The predicted molar refractivity (Wildman–Crippen MR) is 131 cm³/mol. The van der Waals surface area contributed by atoms with Crippen molar-refractivity contribution in [1.82, 2.24) is 14.8 Å². The number of hydrogen-bond donors (Lipinski definition) is 0. The first-order valence-electron chi connectivity index (χ1n) is 10.9. The van der Waals surface area contributed by atoms with E-state index in [-0.39, 0.29) is 12.6 Å². The molecule has 8 nitrogen and oxygen atoms in total. The average Bonchev–Trinajstić information content (AvgIpc) is 3.49. The van der Waals surface area contributed by atoms with Gasteiger partial charge in [-0.1, -0.05) is 40.4 Å². The Morgan fingerprint density at radius 3 is 2.65 bits per heavy atom. The highest BCUT2D eigenvalue weighted by Gasteiger charge is 2.45. The molecule has 0 bridgehead atoms. The molecule has 2 atom stereocenters. The summed E-state index contributed by atoms with van der Waals surface area (Å²) in [6.45, 7) is 2.53. The van der Waals surface area contributed by atoms with Crippen LogP contribution in [0.5, 0.6) is 5.75 Å². The maximum atomic E-state index is 11.6. The summed E-state index contributed by atoms with van der Waals surface area (Å²) in [5.74, 6) is 1.03. The fourth-order valence-corrected chi connectivity index (χ4v) is 5.73. The Labute approximate surface area is 210 Å². The molecule has 5 rings (SSSR count). The van der Waals surface area contributed by atoms with Crippen molar-refractivity contribution in [2.45, 2.75) is 18.4 Å². The molecule has 0 N–H and O–H groups in total. The summed E-state index contributed by atoms with van der Waals surface area (Å²) in [6, 6.07) is 13.2. The minimum absolute atomic E-state index is 0.278. The van der Waals surface area contributed by atoms with E-state index in [1.54, 1.807) is 29.2 Å². The van der Waals surface area contributed by atoms with Gasteiger partial charge in [0.15, 0.2) is 0 Å². The number of benzene rings is 2. The van der Waals surface area contributed by atoms with Crippen LogP contribution in [0.15, 0.2) is 55.1 Å². The Morgan fingerprint density at radius 1 is 1.15 bits per heavy atom. The van der Waals surface area contributed by atoms with Crippen molar-refractivity contribution < 1.29 is 18.8 Å². The zero-order valence-electron chi connectivity index (χ0n) is 18.3. The van der Waals surface area contributed by atoms with Crippen molar-refractivity contribution in [3.63, 3.8) is 0 Å². The van der Waals surface area contributed by atoms with Crippen molar-refractivity contribution in [3.05, 3.63) is 70.7 Å². The number of ether oxygens (including phenoxy) is 3. The molecule has 2 fully saturated rings. The van der Waals surface area contributed by atoms with E-state index < -0.39 is 17.0 Å². The van der Waals surface area contributed by atoms with Crippen LogP contribution in [-0.4, -0.2) is 63.2 Å². The van der Waals surface area contributed by atoms with Crippen molar-refractivity contribution in [2.75, 3.05) is 42.7 Å². The van der Waals surface area contributed by atoms with Crippen molar-refractivity contribution >= 4 is 40.1 Å². The summed E-state index contributed by atoms with van der Waals surface area (Å²) in [5, 5.41) is 5.17. The third-order valence-corrected chi connectivity index (χ3v) is 7.68. The van der Waals surface area contributed by atoms with Gasteiger partial charge in [0.1, 0.15) is 49.2 Å². The lowest BCUT2D eigenvalue weighted by Gasteiger charge is -2.30. The molecule has 3 aromatic rings. The predicted octanol–water partition coefficient (Wildman–Crippen LogP) is 3.50. The standard InChI is InChI=1S/C23H24Cl2N4O4S/c24-17-1-6-21(22(25)11-17)23(14-29-16-26-15-27-29)32-13-20(33-23)12-31-19-4-2-18(3-5-19)28-7-9-34(30)10-8-28/h1-6,11,15-16,20H,7-10,12-14H2. The smallest absolute Gasteiger partial charge is 0.217 e. The van der Waals surface area contributed by atoms with Crippen LogP contribution < -0.4 is 9.64 Å². The molecule has 3 heterocycles. The molecule has 2 aliphatic rings. The number of aromatic nitrogens is 3. The van der Waals surface area contributed by atoms with Crippen LogP contribution in [0.25, 0.3) is 0 Å². The molecule has 0 aliphatic carbocycles. The van der Waals surface area contributed by atoms with E-state index >= 15 is 0 Å². The maximum Gasteiger partial charge on any atom is 0.217 e. The minimum atomic E-state index is -1.14. The number of anilines is 1. The lowest BCUT2D eigenvalue weighted by molar-refractivity contribution is -0.190. The zero-order chi connectivity index (χ0) is 23.5. The molecule has 2 aliphatic heterocycles. The molecule has 34 heavy (non-hydrogen) atoms. The molecule has 2 aromatic carbocycles. The second-order valence-corrected chi connectivity index (χ2v) is 10.7. The van der Waals surface area contributed by atoms with Gasteiger partial charge >= 0.3 is 0 Å². The zero-order valence-corrected chi connectivity index (χ0v) is 20.6. The largest absolute Gasteiger partial charge is 0.616 e. The van der Waals surface area contributed by atoms with Crippen molar-refractivity contribution in [2.24, 2.45) is 0 Å². The Kier molecular flexibility index (Phi) is 7.19. The van der Waals surface area contributed by atoms with Gasteiger partial charge < -0.3 is 23.7 Å². The summed E-state index contributed by atoms with van der Waals surface area (Å²) in [6.07, 6.45) is 2.75. The van der Waals surface area contributed by atoms with Crippen LogP contribution in [0.3, 0.4) is 0 Å². The third kappa shape index (κ3) is 5.30. The lowest BCUT2D eigenvalue weighted by Crippen LogP contribution is -2.40. The van der Waals surface area contributed by atoms with Gasteiger partial charge in [-0.3, -0.25) is 0 Å². The van der Waals surface area contributed by atoms with E-state index in [2.05, 4.69) is 15.0 Å². The maximum absolute atomic E-state index is 11.6. The third-order valence-electron chi connectivity index (χ3n) is 5.85. The molecular formula is C23H24Cl2N4O4S. The number of rotatable bonds is 7. The normalized spacial score (nSPS) is 23.4. The molecule has 0 spiro atoms. The van der Waals surface area contributed by atoms with Gasteiger partial charge in [0, 0.05) is 16.3 Å². The van der Waals surface area contributed by atoms with Gasteiger partial charge in [-0.25, -0.2) is 9.67 Å². The topological polar surface area (TPSA) is 84.7 Å². The van der Waals surface area contributed by atoms with Gasteiger partial charge in [0.2, 0.25) is 5.79 Å². The van der Waals surface area contributed by atoms with E-state index in [1.807, 2.05) is 24.3 Å². The molecule has 11 heteroatoms. The van der Waals surface area contributed by atoms with Gasteiger partial charge in [-0.15, -0.1) is 0 Å². The van der Waals surface area contributed by atoms with Crippen LogP contribution in [0.2, 0.25) is 10.0 Å². The SMILES string of the molecule is [O-][S+]1CCN(c2ccc(OCC3COC(Cn4cncn4)(c4ccc(Cl)cc4Cl)O3)cc2)CC1. The Bertz CT molecular complexity index is 1100. The molecule has 2 unspecified atom stereocenters. The molecule has 2 saturated heterocycles. The first-order chi connectivity index (χ1) is 16.5. The molecule has 180 valence electrons. The fourth-order valence-electron chi connectivity index (χ4n) is 4.12. The van der Waals surface area contributed by atoms with E-state index in [1.165, 1.54) is 6.33 Å². The second kappa shape index (κ2) is 10.3. The van der Waals surface area contributed by atoms with Crippen LogP contribution in [0, 0.1) is 0 Å². The second-order valence-electron chi connectivity index (χ2n) is 8.16. The quantitative estimate of drug-likeness (QED) is 0.439. The molecular weight excluding hydrogens is 499 g/mol. The first-order valence-corrected chi connectivity index (χ1v) is 13.2. The Balaban J connectivity index is 1.25. The minimum Gasteiger partial charge on any atom is -0.616 e. The summed E-state index contributed by atoms with van der Waals surface area (Å²) in [5.41, 5.74) is 1.78. The van der Waals surface area contributed by atoms with Crippen LogP contribution in [-0.2, 0) is 33.0 Å². The molecule has 0 amide bonds. The summed E-state index contributed by atoms with van der Waals surface area (Å²) < 4.78 is 31.8. The Hall–Kier alpha value is -2.01. The van der Waals surface area contributed by atoms with Crippen LogP contribution in [0.4, 0.5) is 5.69 Å². The first kappa shape index (κ1) is 23.7. The van der Waals surface area contributed by atoms with E-state index in [0.29, 0.717) is 40.3 Å². The Morgan fingerprint density at radius 2 is 1.94 bits per heavy atom. The van der Waals surface area contributed by atoms with E-state index in [4.69, 9.17) is 37.4 Å². The molecule has 0 radical (unpaired) electrons. The fraction of sp³-hybridized carbons (Fsp3) is 0.391. The molecule has 0 saturated carbocycles. The summed E-state index contributed by atoms with van der Waals surface area (Å²) in [4.78, 5) is 6.25. The van der Waals surface area contributed by atoms with Gasteiger partial charge in [-0.2, -0.15) is 5.10 Å². The van der Waals surface area contributed by atoms with Crippen LogP contribution >= 0.6 is 23.2 Å². The van der Waals surface area contributed by atoms with Crippen LogP contribution in [0.1, 0.15) is 5.56 Å². The van der Waals surface area contributed by atoms with Gasteiger partial charge in [0.25, 0.3) is 0 Å². The highest BCUT2D eigenvalue weighted by Crippen LogP contribution is 2.40. The summed E-state index contributed by atoms with van der Waals surface area (Å²) >= 11 is 11.9. The molecule has 1 aromatic heterocycles. The average molecular weight is 523 g/mol. The van der Waals surface area contributed by atoms with E-state index in [0.717, 1.165) is 24.5 Å². The number of nitrogens with zero attached hydrogens (tertiary/aromatic N) is 4. The van der Waals surface area contributed by atoms with Crippen molar-refractivity contribution in [1.29, 1.82) is 0 Å².